The van der Waals surface area contributed by atoms with Crippen LogP contribution in [-0.2, 0) is 0 Å². The lowest BCUT2D eigenvalue weighted by Crippen LogP contribution is -2.18. The van der Waals surface area contributed by atoms with E-state index in [1.807, 2.05) is 0 Å². The van der Waals surface area contributed by atoms with E-state index in [4.69, 9.17) is 0 Å². The van der Waals surface area contributed by atoms with Crippen LogP contribution in [0, 0.1) is 11.8 Å². The van der Waals surface area contributed by atoms with E-state index in [0.29, 0.717) is 0 Å². The van der Waals surface area contributed by atoms with Gasteiger partial charge in [-0.2, -0.15) is 0 Å². The van der Waals surface area contributed by atoms with Crippen LogP contribution in [0.2, 0.25) is 0 Å². The molecule has 0 radical (unpaired) electrons. The van der Waals surface area contributed by atoms with Gasteiger partial charge in [-0.15, -0.1) is 0 Å². The van der Waals surface area contributed by atoms with Gasteiger partial charge in [-0.25, -0.2) is 0 Å². The molecule has 0 unspecified atom stereocenters. The highest BCUT2D eigenvalue weighted by atomic mass is 14.3. The molecule has 0 saturated heterocycles. The minimum atomic E-state index is 1.03. The number of hydrogen-bond acceptors (Lipinski definition) is 0. The molecule has 0 aromatic heterocycles. The summed E-state index contributed by atoms with van der Waals surface area (Å²) in [4.78, 5) is 0. The summed E-state index contributed by atoms with van der Waals surface area (Å²) >= 11 is 0. The molecule has 0 amide bonds. The van der Waals surface area contributed by atoms with Crippen molar-refractivity contribution in [3.05, 3.63) is 0 Å². The van der Waals surface area contributed by atoms with E-state index >= 15 is 0 Å². The summed E-state index contributed by atoms with van der Waals surface area (Å²) < 4.78 is 0. The second kappa shape index (κ2) is 1.25. The van der Waals surface area contributed by atoms with Gasteiger partial charge < -0.3 is 0 Å². The van der Waals surface area contributed by atoms with Crippen molar-refractivity contribution in [1.29, 1.82) is 0 Å². The molecule has 0 bridgehead atoms. The van der Waals surface area contributed by atoms with Crippen LogP contribution >= 0.6 is 0 Å². The van der Waals surface area contributed by atoms with E-state index in [2.05, 4.69) is 13.8 Å². The minimum absolute atomic E-state index is 1.03. The lowest BCUT2D eigenvalue weighted by molar-refractivity contribution is 0.219. The van der Waals surface area contributed by atoms with Crippen molar-refractivity contribution in [3.8, 4) is 0 Å². The van der Waals surface area contributed by atoms with Gasteiger partial charge in [0.2, 0.25) is 0 Å². The van der Waals surface area contributed by atoms with Gasteiger partial charge in [-0.1, -0.05) is 26.7 Å². The number of hydrogen-bond donors (Lipinski definition) is 0. The summed E-state index contributed by atoms with van der Waals surface area (Å²) in [5.41, 5.74) is 0. The lowest BCUT2D eigenvalue weighted by Gasteiger charge is -2.29. The Bertz CT molecular complexity index is 40.0. The largest absolute Gasteiger partial charge is 0.0623 e. The molecule has 0 spiro atoms. The third kappa shape index (κ3) is 0.444. The smallest absolute Gasteiger partial charge is 0.0417 e. The summed E-state index contributed by atoms with van der Waals surface area (Å²) in [6.45, 7) is 4.66. The zero-order chi connectivity index (χ0) is 4.57. The molecule has 1 rings (SSSR count). The van der Waals surface area contributed by atoms with Gasteiger partial charge in [-0.05, 0) is 11.8 Å². The molecule has 0 aromatic carbocycles. The van der Waals surface area contributed by atoms with Crippen LogP contribution in [0.3, 0.4) is 0 Å². The molecule has 1 fully saturated rings. The molecule has 2 atom stereocenters. The summed E-state index contributed by atoms with van der Waals surface area (Å²) in [5, 5.41) is 0. The fourth-order valence-corrected chi connectivity index (χ4v) is 0.833. The molecule has 0 heteroatoms. The molecule has 0 heterocycles. The van der Waals surface area contributed by atoms with Crippen LogP contribution < -0.4 is 0 Å². The van der Waals surface area contributed by atoms with Crippen molar-refractivity contribution >= 4 is 0 Å². The Morgan fingerprint density at radius 1 is 1.00 bits per heavy atom. The topological polar surface area (TPSA) is 0 Å². The van der Waals surface area contributed by atoms with E-state index < -0.39 is 0 Å². The monoisotopic (exact) mass is 84.1 g/mol. The summed E-state index contributed by atoms with van der Waals surface area (Å²) in [5.74, 6) is 2.06. The van der Waals surface area contributed by atoms with E-state index in [1.165, 1.54) is 12.8 Å². The van der Waals surface area contributed by atoms with E-state index in [9.17, 15) is 0 Å². The molecule has 0 nitrogen and oxygen atoms in total. The second-order valence-electron chi connectivity index (χ2n) is 2.53. The van der Waals surface area contributed by atoms with Gasteiger partial charge in [0, 0.05) is 0 Å². The van der Waals surface area contributed by atoms with Gasteiger partial charge in [0.15, 0.2) is 0 Å². The first-order valence-corrected chi connectivity index (χ1v) is 2.80. The first-order chi connectivity index (χ1) is 2.80. The van der Waals surface area contributed by atoms with Crippen LogP contribution in [0.4, 0.5) is 0 Å². The molecule has 1 aliphatic carbocycles. The summed E-state index contributed by atoms with van der Waals surface area (Å²) in [7, 11) is 0. The average molecular weight is 84.2 g/mol. The van der Waals surface area contributed by atoms with E-state index in [-0.39, 0.29) is 0 Å². The van der Waals surface area contributed by atoms with Crippen molar-refractivity contribution in [2.45, 2.75) is 26.7 Å². The van der Waals surface area contributed by atoms with Gasteiger partial charge in [-0.3, -0.25) is 0 Å². The lowest BCUT2D eigenvalue weighted by atomic mass is 9.77. The van der Waals surface area contributed by atoms with Crippen LogP contribution in [-0.4, -0.2) is 0 Å². The summed E-state index contributed by atoms with van der Waals surface area (Å²) in [6.07, 6.45) is 2.95. The fraction of sp³-hybridized carbons (Fsp3) is 1.00. The third-order valence-electron chi connectivity index (χ3n) is 2.05. The SMILES string of the molecule is C[C@H]1CC[C@@H]1C. The zero-order valence-electron chi connectivity index (χ0n) is 4.57. The van der Waals surface area contributed by atoms with Crippen LogP contribution in [0.25, 0.3) is 0 Å². The molecule has 0 N–H and O–H groups in total. The molecule has 0 aromatic rings. The van der Waals surface area contributed by atoms with Crippen LogP contribution in [0.1, 0.15) is 26.7 Å². The van der Waals surface area contributed by atoms with E-state index in [0.717, 1.165) is 11.8 Å². The highest BCUT2D eigenvalue weighted by molar-refractivity contribution is 4.71. The molecular weight excluding hydrogens is 72.1 g/mol. The summed E-state index contributed by atoms with van der Waals surface area (Å²) in [6, 6.07) is 0. The molecular formula is C6H12. The second-order valence-corrected chi connectivity index (χ2v) is 2.53. The van der Waals surface area contributed by atoms with Crippen molar-refractivity contribution in [2.24, 2.45) is 11.8 Å². The zero-order valence-corrected chi connectivity index (χ0v) is 4.57. The third-order valence-corrected chi connectivity index (χ3v) is 2.05. The van der Waals surface area contributed by atoms with Gasteiger partial charge in [0.1, 0.15) is 0 Å². The first-order valence-electron chi connectivity index (χ1n) is 2.80. The van der Waals surface area contributed by atoms with Crippen molar-refractivity contribution in [2.75, 3.05) is 0 Å². The quantitative estimate of drug-likeness (QED) is 0.421. The predicted octanol–water partition coefficient (Wildman–Crippen LogP) is 2.05. The van der Waals surface area contributed by atoms with Gasteiger partial charge in [0.25, 0.3) is 0 Å². The molecule has 6 heavy (non-hydrogen) atoms. The Kier molecular flexibility index (Phi) is 0.868. The van der Waals surface area contributed by atoms with Crippen molar-refractivity contribution < 1.29 is 0 Å². The van der Waals surface area contributed by atoms with Crippen molar-refractivity contribution in [3.63, 3.8) is 0 Å². The maximum atomic E-state index is 2.33. The van der Waals surface area contributed by atoms with Crippen LogP contribution in [0.15, 0.2) is 0 Å². The predicted molar refractivity (Wildman–Crippen MR) is 27.6 cm³/mol. The Balaban J connectivity index is 2.20. The molecule has 0 aliphatic heterocycles. The molecule has 36 valence electrons. The van der Waals surface area contributed by atoms with Gasteiger partial charge >= 0.3 is 0 Å². The normalized spacial score (nSPS) is 45.0. The first kappa shape index (κ1) is 4.17. The van der Waals surface area contributed by atoms with E-state index in [1.54, 1.807) is 0 Å². The highest BCUT2D eigenvalue weighted by Gasteiger charge is 2.20. The Hall–Kier alpha value is 0. The average Bonchev–Trinajstić information content (AvgIpc) is 1.61. The van der Waals surface area contributed by atoms with Crippen LogP contribution in [0.5, 0.6) is 0 Å². The maximum Gasteiger partial charge on any atom is -0.0417 e. The Labute approximate surface area is 39.6 Å². The number of rotatable bonds is 0. The van der Waals surface area contributed by atoms with Crippen molar-refractivity contribution in [1.82, 2.24) is 0 Å². The standard InChI is InChI=1S/C6H12/c1-5-3-4-6(5)2/h5-6H,3-4H2,1-2H3/t5-,6-/m0/s1. The fourth-order valence-electron chi connectivity index (χ4n) is 0.833. The Morgan fingerprint density at radius 2 is 1.33 bits per heavy atom. The minimum Gasteiger partial charge on any atom is -0.0623 e. The van der Waals surface area contributed by atoms with Gasteiger partial charge in [0.05, 0.1) is 0 Å². The Morgan fingerprint density at radius 3 is 1.33 bits per heavy atom. The molecule has 1 aliphatic rings. The maximum absolute atomic E-state index is 2.33. The molecule has 1 saturated carbocycles. The highest BCUT2D eigenvalue weighted by Crippen LogP contribution is 2.32.